The molecule has 0 spiro atoms. The Bertz CT molecular complexity index is 822. The molecule has 152 valence electrons. The molecule has 7 heteroatoms. The molecule has 0 bridgehead atoms. The van der Waals surface area contributed by atoms with Gasteiger partial charge in [-0.25, -0.2) is 4.98 Å². The molecule has 0 saturated heterocycles. The van der Waals surface area contributed by atoms with Crippen molar-refractivity contribution in [3.63, 3.8) is 0 Å². The number of benzene rings is 1. The van der Waals surface area contributed by atoms with Crippen LogP contribution in [-0.4, -0.2) is 28.2 Å². The van der Waals surface area contributed by atoms with Gasteiger partial charge >= 0.3 is 0 Å². The molecule has 1 unspecified atom stereocenters. The Morgan fingerprint density at radius 1 is 1.32 bits per heavy atom. The number of rotatable bonds is 3. The molecule has 0 aliphatic carbocycles. The molecular weight excluding hydrogens is 465 g/mol. The van der Waals surface area contributed by atoms with E-state index in [4.69, 9.17) is 9.72 Å². The molecule has 2 N–H and O–H groups in total. The van der Waals surface area contributed by atoms with E-state index in [1.54, 1.807) is 0 Å². The number of halogens is 1. The minimum Gasteiger partial charge on any atom is -0.487 e. The third-order valence-corrected chi connectivity index (χ3v) is 5.31. The van der Waals surface area contributed by atoms with Crippen LogP contribution in [0, 0.1) is 0 Å². The number of hydrogen-bond acceptors (Lipinski definition) is 3. The molecular formula is C21H30IN5O. The fourth-order valence-corrected chi connectivity index (χ4v) is 4.02. The monoisotopic (exact) mass is 495 g/mol. The van der Waals surface area contributed by atoms with Gasteiger partial charge in [0.15, 0.2) is 5.96 Å². The van der Waals surface area contributed by atoms with Crippen LogP contribution in [-0.2, 0) is 19.5 Å². The number of aromatic nitrogens is 2. The quantitative estimate of drug-likeness (QED) is 0.387. The number of nitrogens with zero attached hydrogens (tertiary/aromatic N) is 3. The van der Waals surface area contributed by atoms with E-state index in [0.29, 0.717) is 6.54 Å². The molecule has 0 saturated carbocycles. The van der Waals surface area contributed by atoms with Gasteiger partial charge in [-0.1, -0.05) is 18.2 Å². The number of fused-ring (bicyclic) bond motifs is 2. The normalized spacial score (nSPS) is 20.2. The molecule has 6 nitrogen and oxygen atoms in total. The standard InChI is InChI=1S/C21H29N5O.HI/c1-21(2)12-17(16-8-4-5-9-18(16)27-21)25-20(22-3)23-13-15-14-26-11-7-6-10-19(26)24-15;/h4-5,8-9,14,17H,6-7,10-13H2,1-3H3,(H2,22,23,25);1H. The molecule has 1 atom stereocenters. The van der Waals surface area contributed by atoms with E-state index >= 15 is 0 Å². The molecule has 0 amide bonds. The van der Waals surface area contributed by atoms with Crippen molar-refractivity contribution >= 4 is 29.9 Å². The van der Waals surface area contributed by atoms with Crippen LogP contribution >= 0.6 is 24.0 Å². The average Bonchev–Trinajstić information content (AvgIpc) is 3.07. The summed E-state index contributed by atoms with van der Waals surface area (Å²) in [6, 6.07) is 8.40. The second-order valence-corrected chi connectivity index (χ2v) is 8.03. The minimum atomic E-state index is -0.214. The fourth-order valence-electron chi connectivity index (χ4n) is 4.02. The van der Waals surface area contributed by atoms with E-state index in [2.05, 4.69) is 52.4 Å². The Morgan fingerprint density at radius 2 is 2.14 bits per heavy atom. The Hall–Kier alpha value is -1.77. The second kappa shape index (κ2) is 8.71. The zero-order valence-corrected chi connectivity index (χ0v) is 19.2. The van der Waals surface area contributed by atoms with Gasteiger partial charge in [0.1, 0.15) is 17.2 Å². The third-order valence-electron chi connectivity index (χ3n) is 5.31. The summed E-state index contributed by atoms with van der Waals surface area (Å²) < 4.78 is 8.41. The lowest BCUT2D eigenvalue weighted by Gasteiger charge is -2.38. The maximum Gasteiger partial charge on any atom is 0.191 e. The molecule has 0 fully saturated rings. The Labute approximate surface area is 184 Å². The summed E-state index contributed by atoms with van der Waals surface area (Å²) in [6.45, 7) is 6.02. The summed E-state index contributed by atoms with van der Waals surface area (Å²) in [5.74, 6) is 2.95. The molecule has 1 aromatic heterocycles. The lowest BCUT2D eigenvalue weighted by atomic mass is 9.90. The van der Waals surface area contributed by atoms with Gasteiger partial charge < -0.3 is 19.9 Å². The number of aliphatic imine (C=N–C) groups is 1. The lowest BCUT2D eigenvalue weighted by Crippen LogP contribution is -2.45. The van der Waals surface area contributed by atoms with E-state index in [1.807, 2.05) is 19.2 Å². The number of imidazole rings is 1. The second-order valence-electron chi connectivity index (χ2n) is 8.03. The number of ether oxygens (including phenoxy) is 1. The highest BCUT2D eigenvalue weighted by molar-refractivity contribution is 14.0. The van der Waals surface area contributed by atoms with Gasteiger partial charge in [-0.15, -0.1) is 24.0 Å². The fraction of sp³-hybridized carbons (Fsp3) is 0.524. The van der Waals surface area contributed by atoms with Crippen molar-refractivity contribution in [2.24, 2.45) is 4.99 Å². The summed E-state index contributed by atoms with van der Waals surface area (Å²) in [4.78, 5) is 9.18. The Morgan fingerprint density at radius 3 is 2.93 bits per heavy atom. The zero-order valence-electron chi connectivity index (χ0n) is 16.9. The first-order chi connectivity index (χ1) is 13.0. The van der Waals surface area contributed by atoms with E-state index < -0.39 is 0 Å². The van der Waals surface area contributed by atoms with Crippen LogP contribution in [0.15, 0.2) is 35.5 Å². The van der Waals surface area contributed by atoms with Crippen LogP contribution in [0.4, 0.5) is 0 Å². The van der Waals surface area contributed by atoms with Crippen molar-refractivity contribution in [2.45, 2.75) is 64.3 Å². The van der Waals surface area contributed by atoms with E-state index in [-0.39, 0.29) is 35.6 Å². The highest BCUT2D eigenvalue weighted by Crippen LogP contribution is 2.39. The highest BCUT2D eigenvalue weighted by Gasteiger charge is 2.33. The lowest BCUT2D eigenvalue weighted by molar-refractivity contribution is 0.0694. The first-order valence-electron chi connectivity index (χ1n) is 9.84. The zero-order chi connectivity index (χ0) is 18.9. The van der Waals surface area contributed by atoms with Crippen molar-refractivity contribution in [3.8, 4) is 5.75 Å². The molecule has 4 rings (SSSR count). The molecule has 2 aromatic rings. The van der Waals surface area contributed by atoms with E-state index in [0.717, 1.165) is 36.8 Å². The molecule has 0 radical (unpaired) electrons. The van der Waals surface area contributed by atoms with Gasteiger partial charge in [-0.2, -0.15) is 0 Å². The van der Waals surface area contributed by atoms with Crippen molar-refractivity contribution < 1.29 is 4.74 Å². The van der Waals surface area contributed by atoms with Gasteiger partial charge in [0, 0.05) is 38.2 Å². The summed E-state index contributed by atoms with van der Waals surface area (Å²) in [5.41, 5.74) is 2.04. The predicted molar refractivity (Wildman–Crippen MR) is 122 cm³/mol. The maximum absolute atomic E-state index is 6.13. The van der Waals surface area contributed by atoms with Crippen LogP contribution < -0.4 is 15.4 Å². The van der Waals surface area contributed by atoms with Crippen LogP contribution in [0.3, 0.4) is 0 Å². The number of para-hydroxylation sites is 1. The first kappa shape index (κ1) is 21.0. The highest BCUT2D eigenvalue weighted by atomic mass is 127. The number of aryl methyl sites for hydroxylation is 2. The van der Waals surface area contributed by atoms with Gasteiger partial charge in [-0.3, -0.25) is 4.99 Å². The number of nitrogens with one attached hydrogen (secondary N) is 2. The van der Waals surface area contributed by atoms with Gasteiger partial charge in [0.25, 0.3) is 0 Å². The van der Waals surface area contributed by atoms with Gasteiger partial charge in [-0.05, 0) is 32.8 Å². The molecule has 28 heavy (non-hydrogen) atoms. The van der Waals surface area contributed by atoms with Crippen LogP contribution in [0.1, 0.15) is 56.2 Å². The molecule has 2 aliphatic rings. The molecule has 2 aliphatic heterocycles. The maximum atomic E-state index is 6.13. The predicted octanol–water partition coefficient (Wildman–Crippen LogP) is 3.80. The van der Waals surface area contributed by atoms with Crippen molar-refractivity contribution in [3.05, 3.63) is 47.5 Å². The Kier molecular flexibility index (Phi) is 6.52. The topological polar surface area (TPSA) is 63.5 Å². The van der Waals surface area contributed by atoms with Crippen molar-refractivity contribution in [1.82, 2.24) is 20.2 Å². The van der Waals surface area contributed by atoms with Gasteiger partial charge in [0.05, 0.1) is 18.3 Å². The SMILES string of the molecule is CN=C(NCc1cn2c(n1)CCCC2)NC1CC(C)(C)Oc2ccccc21.I. The van der Waals surface area contributed by atoms with Crippen LogP contribution in [0.25, 0.3) is 0 Å². The van der Waals surface area contributed by atoms with Crippen LogP contribution in [0.2, 0.25) is 0 Å². The van der Waals surface area contributed by atoms with Crippen molar-refractivity contribution in [1.29, 1.82) is 0 Å². The van der Waals surface area contributed by atoms with E-state index in [1.165, 1.54) is 24.2 Å². The van der Waals surface area contributed by atoms with Crippen molar-refractivity contribution in [2.75, 3.05) is 7.05 Å². The first-order valence-corrected chi connectivity index (χ1v) is 9.84. The molecule has 3 heterocycles. The Balaban J connectivity index is 0.00000225. The summed E-state index contributed by atoms with van der Waals surface area (Å²) in [6.07, 6.45) is 6.62. The minimum absolute atomic E-state index is 0. The van der Waals surface area contributed by atoms with Gasteiger partial charge in [0.2, 0.25) is 0 Å². The summed E-state index contributed by atoms with van der Waals surface area (Å²) in [7, 11) is 1.81. The largest absolute Gasteiger partial charge is 0.487 e. The molecule has 1 aromatic carbocycles. The van der Waals surface area contributed by atoms with E-state index in [9.17, 15) is 0 Å². The number of guanidine groups is 1. The van der Waals surface area contributed by atoms with Crippen LogP contribution in [0.5, 0.6) is 5.75 Å². The smallest absolute Gasteiger partial charge is 0.191 e. The average molecular weight is 495 g/mol. The third kappa shape index (κ3) is 4.61. The summed E-state index contributed by atoms with van der Waals surface area (Å²) in [5, 5.41) is 7.00. The summed E-state index contributed by atoms with van der Waals surface area (Å²) >= 11 is 0. The number of hydrogen-bond donors (Lipinski definition) is 2.